The number of halogens is 1. The van der Waals surface area contributed by atoms with Crippen LogP contribution in [0.5, 0.6) is 5.75 Å². The topological polar surface area (TPSA) is 64.6 Å². The van der Waals surface area contributed by atoms with Crippen LogP contribution in [0, 0.1) is 5.92 Å². The van der Waals surface area contributed by atoms with Gasteiger partial charge in [-0.3, -0.25) is 4.79 Å². The molecule has 0 saturated carbocycles. The van der Waals surface area contributed by atoms with E-state index in [1.165, 1.54) is 13.2 Å². The summed E-state index contributed by atoms with van der Waals surface area (Å²) in [6, 6.07) is 4.81. The minimum Gasteiger partial charge on any atom is -0.496 e. The Hall–Kier alpha value is -1.82. The predicted octanol–water partition coefficient (Wildman–Crippen LogP) is 2.78. The average molecular weight is 370 g/mol. The Morgan fingerprint density at radius 3 is 2.50 bits per heavy atom. The van der Waals surface area contributed by atoms with Crippen LogP contribution < -0.4 is 10.1 Å². The molecule has 0 fully saturated rings. The molecule has 1 aromatic rings. The Labute approximate surface area is 138 Å². The summed E-state index contributed by atoms with van der Waals surface area (Å²) in [5, 5.41) is 2.64. The van der Waals surface area contributed by atoms with Crippen molar-refractivity contribution in [3.05, 3.63) is 34.3 Å². The molecule has 0 saturated heterocycles. The van der Waals surface area contributed by atoms with Crippen LogP contribution in [0.2, 0.25) is 0 Å². The van der Waals surface area contributed by atoms with Crippen LogP contribution in [-0.4, -0.2) is 32.1 Å². The van der Waals surface area contributed by atoms with E-state index in [2.05, 4.69) is 26.0 Å². The molecule has 1 aromatic carbocycles. The average Bonchev–Trinajstić information content (AvgIpc) is 2.49. The van der Waals surface area contributed by atoms with Crippen molar-refractivity contribution >= 4 is 33.9 Å². The minimum absolute atomic E-state index is 0.0646. The molecule has 0 aliphatic rings. The second kappa shape index (κ2) is 8.58. The third-order valence-electron chi connectivity index (χ3n) is 3.03. The molecule has 1 rings (SSSR count). The first kappa shape index (κ1) is 18.2. The zero-order valence-corrected chi connectivity index (χ0v) is 14.6. The maximum Gasteiger partial charge on any atom is 0.328 e. The predicted molar refractivity (Wildman–Crippen MR) is 88.5 cm³/mol. The van der Waals surface area contributed by atoms with Gasteiger partial charge in [0.05, 0.1) is 14.2 Å². The molecule has 120 valence electrons. The summed E-state index contributed by atoms with van der Waals surface area (Å²) >= 11 is 3.37. The second-order valence-electron chi connectivity index (χ2n) is 4.97. The van der Waals surface area contributed by atoms with Crippen molar-refractivity contribution in [1.29, 1.82) is 0 Å². The fraction of sp³-hybridized carbons (Fsp3) is 0.375. The molecular formula is C16H20BrNO4. The smallest absolute Gasteiger partial charge is 0.328 e. The third kappa shape index (κ3) is 5.18. The molecule has 1 N–H and O–H groups in total. The lowest BCUT2D eigenvalue weighted by atomic mass is 10.0. The van der Waals surface area contributed by atoms with Crippen molar-refractivity contribution in [2.24, 2.45) is 5.92 Å². The van der Waals surface area contributed by atoms with Crippen LogP contribution in [0.1, 0.15) is 19.4 Å². The highest BCUT2D eigenvalue weighted by Gasteiger charge is 2.23. The fourth-order valence-corrected chi connectivity index (χ4v) is 2.21. The number of hydrogen-bond donors (Lipinski definition) is 1. The first-order valence-electron chi connectivity index (χ1n) is 6.79. The molecule has 0 radical (unpaired) electrons. The van der Waals surface area contributed by atoms with Gasteiger partial charge in [0.2, 0.25) is 5.91 Å². The first-order chi connectivity index (χ1) is 10.4. The number of esters is 1. The zero-order chi connectivity index (χ0) is 16.7. The quantitative estimate of drug-likeness (QED) is 0.618. The van der Waals surface area contributed by atoms with Gasteiger partial charge in [0.15, 0.2) is 0 Å². The summed E-state index contributed by atoms with van der Waals surface area (Å²) in [6.45, 7) is 3.67. The number of benzene rings is 1. The Bertz CT molecular complexity index is 569. The molecule has 0 aliphatic carbocycles. The van der Waals surface area contributed by atoms with Gasteiger partial charge < -0.3 is 14.8 Å². The number of carbonyl (C=O) groups is 2. The molecular weight excluding hydrogens is 350 g/mol. The minimum atomic E-state index is -0.674. The van der Waals surface area contributed by atoms with Crippen LogP contribution in [0.3, 0.4) is 0 Å². The maximum absolute atomic E-state index is 12.0. The number of hydrogen-bond acceptors (Lipinski definition) is 4. The highest BCUT2D eigenvalue weighted by Crippen LogP contribution is 2.24. The third-order valence-corrected chi connectivity index (χ3v) is 3.52. The van der Waals surface area contributed by atoms with Crippen molar-refractivity contribution in [2.45, 2.75) is 19.9 Å². The van der Waals surface area contributed by atoms with Gasteiger partial charge >= 0.3 is 5.97 Å². The number of methoxy groups -OCH3 is 2. The van der Waals surface area contributed by atoms with Crippen LogP contribution in [0.15, 0.2) is 28.7 Å². The Morgan fingerprint density at radius 1 is 1.27 bits per heavy atom. The second-order valence-corrected chi connectivity index (χ2v) is 5.89. The van der Waals surface area contributed by atoms with E-state index in [9.17, 15) is 9.59 Å². The lowest BCUT2D eigenvalue weighted by Crippen LogP contribution is -2.44. The van der Waals surface area contributed by atoms with Gasteiger partial charge in [-0.2, -0.15) is 0 Å². The summed E-state index contributed by atoms with van der Waals surface area (Å²) in [5.41, 5.74) is 0.756. The molecule has 0 bridgehead atoms. The molecule has 0 spiro atoms. The van der Waals surface area contributed by atoms with Gasteiger partial charge in [-0.15, -0.1) is 0 Å². The van der Waals surface area contributed by atoms with Crippen molar-refractivity contribution < 1.29 is 19.1 Å². The van der Waals surface area contributed by atoms with Gasteiger partial charge in [0.25, 0.3) is 0 Å². The van der Waals surface area contributed by atoms with Gasteiger partial charge in [-0.25, -0.2) is 4.79 Å². The lowest BCUT2D eigenvalue weighted by molar-refractivity contribution is -0.145. The summed E-state index contributed by atoms with van der Waals surface area (Å²) in [6.07, 6.45) is 3.00. The van der Waals surface area contributed by atoms with Crippen molar-refractivity contribution in [3.8, 4) is 5.75 Å². The molecule has 1 unspecified atom stereocenters. The van der Waals surface area contributed by atoms with Crippen LogP contribution in [0.25, 0.3) is 6.08 Å². The van der Waals surface area contributed by atoms with Gasteiger partial charge in [0.1, 0.15) is 11.8 Å². The molecule has 1 amide bonds. The van der Waals surface area contributed by atoms with E-state index in [0.29, 0.717) is 5.75 Å². The SMILES string of the molecule is COC(=O)C(NC(=O)/C=C/c1cc(Br)ccc1OC)C(C)C. The fourth-order valence-electron chi connectivity index (χ4n) is 1.83. The Balaban J connectivity index is 2.83. The molecule has 6 heteroatoms. The number of amides is 1. The van der Waals surface area contributed by atoms with Crippen molar-refractivity contribution in [3.63, 3.8) is 0 Å². The monoisotopic (exact) mass is 369 g/mol. The zero-order valence-electron chi connectivity index (χ0n) is 13.1. The van der Waals surface area contributed by atoms with Gasteiger partial charge in [-0.05, 0) is 30.2 Å². The normalized spacial score (nSPS) is 12.3. The highest BCUT2D eigenvalue weighted by atomic mass is 79.9. The standard InChI is InChI=1S/C16H20BrNO4/c1-10(2)15(16(20)22-4)18-14(19)8-5-11-9-12(17)6-7-13(11)21-3/h5-10,15H,1-4H3,(H,18,19)/b8-5+. The van der Waals surface area contributed by atoms with E-state index in [4.69, 9.17) is 4.74 Å². The molecule has 0 aliphatic heterocycles. The number of nitrogens with one attached hydrogen (secondary N) is 1. The van der Waals surface area contributed by atoms with Crippen LogP contribution in [0.4, 0.5) is 0 Å². The Morgan fingerprint density at radius 2 is 1.95 bits per heavy atom. The van der Waals surface area contributed by atoms with Crippen LogP contribution in [-0.2, 0) is 14.3 Å². The van der Waals surface area contributed by atoms with Crippen LogP contribution >= 0.6 is 15.9 Å². The van der Waals surface area contributed by atoms with Crippen molar-refractivity contribution in [2.75, 3.05) is 14.2 Å². The number of carbonyl (C=O) groups excluding carboxylic acids is 2. The summed E-state index contributed by atoms with van der Waals surface area (Å²) in [7, 11) is 2.86. The molecule has 0 heterocycles. The van der Waals surface area contributed by atoms with E-state index >= 15 is 0 Å². The largest absolute Gasteiger partial charge is 0.496 e. The van der Waals surface area contributed by atoms with Gasteiger partial charge in [0, 0.05) is 16.1 Å². The van der Waals surface area contributed by atoms with E-state index in [-0.39, 0.29) is 11.8 Å². The van der Waals surface area contributed by atoms with Gasteiger partial charge in [-0.1, -0.05) is 29.8 Å². The summed E-state index contributed by atoms with van der Waals surface area (Å²) < 4.78 is 10.8. The number of ether oxygens (including phenoxy) is 2. The molecule has 5 nitrogen and oxygen atoms in total. The summed E-state index contributed by atoms with van der Waals surface area (Å²) in [5.74, 6) is -0.242. The first-order valence-corrected chi connectivity index (χ1v) is 7.58. The van der Waals surface area contributed by atoms with E-state index in [0.717, 1.165) is 10.0 Å². The lowest BCUT2D eigenvalue weighted by Gasteiger charge is -2.18. The maximum atomic E-state index is 12.0. The van der Waals surface area contributed by atoms with E-state index in [1.54, 1.807) is 19.3 Å². The molecule has 0 aromatic heterocycles. The Kier molecular flexibility index (Phi) is 7.11. The highest BCUT2D eigenvalue weighted by molar-refractivity contribution is 9.10. The van der Waals surface area contributed by atoms with E-state index < -0.39 is 12.0 Å². The summed E-state index contributed by atoms with van der Waals surface area (Å²) in [4.78, 5) is 23.6. The molecule has 1 atom stereocenters. The van der Waals surface area contributed by atoms with Crippen molar-refractivity contribution in [1.82, 2.24) is 5.32 Å². The number of rotatable bonds is 6. The molecule has 22 heavy (non-hydrogen) atoms. The van der Waals surface area contributed by atoms with E-state index in [1.807, 2.05) is 26.0 Å².